The van der Waals surface area contributed by atoms with E-state index in [1.165, 1.54) is 143 Å². The van der Waals surface area contributed by atoms with Gasteiger partial charge in [-0.1, -0.05) is 249 Å². The van der Waals surface area contributed by atoms with E-state index in [2.05, 4.69) is 189 Å². The Morgan fingerprint density at radius 1 is 0.329 bits per heavy atom. The summed E-state index contributed by atoms with van der Waals surface area (Å²) in [5.74, 6) is 4.95. The number of hydrogen-bond donors (Lipinski definition) is 0. The summed E-state index contributed by atoms with van der Waals surface area (Å²) in [7, 11) is 0. The van der Waals surface area contributed by atoms with E-state index >= 15 is 0 Å². The molecular weight excluding hydrogens is 889 g/mol. The lowest BCUT2D eigenvalue weighted by Gasteiger charge is -2.12. The molecule has 0 amide bonds. The molecule has 0 aliphatic rings. The maximum absolute atomic E-state index is 5.96. The zero-order valence-corrected chi connectivity index (χ0v) is 47.0. The minimum Gasteiger partial charge on any atom is -0.494 e. The molecule has 73 heavy (non-hydrogen) atoms. The number of rotatable bonds is 33. The summed E-state index contributed by atoms with van der Waals surface area (Å²) in [4.78, 5) is 9.53. The monoisotopic (exact) mass is 985 g/mol. The van der Waals surface area contributed by atoms with Crippen LogP contribution in [0.25, 0.3) is 44.8 Å². The van der Waals surface area contributed by atoms with Crippen molar-refractivity contribution in [2.24, 2.45) is 23.7 Å². The fourth-order valence-corrected chi connectivity index (χ4v) is 9.67. The van der Waals surface area contributed by atoms with Crippen LogP contribution in [0.15, 0.2) is 134 Å². The van der Waals surface area contributed by atoms with Gasteiger partial charge < -0.3 is 9.47 Å². The van der Waals surface area contributed by atoms with Gasteiger partial charge in [-0.05, 0) is 119 Å². The second-order valence-electron chi connectivity index (χ2n) is 22.2. The predicted octanol–water partition coefficient (Wildman–Crippen LogP) is 20.7. The number of ether oxygens (including phenoxy) is 2. The lowest BCUT2D eigenvalue weighted by molar-refractivity contribution is 0.304. The first-order valence-corrected chi connectivity index (χ1v) is 29.2. The molecule has 0 N–H and O–H groups in total. The third kappa shape index (κ3) is 23.3. The summed E-state index contributed by atoms with van der Waals surface area (Å²) < 4.78 is 11.9. The van der Waals surface area contributed by atoms with Crippen molar-refractivity contribution in [1.82, 2.24) is 9.97 Å². The van der Waals surface area contributed by atoms with Crippen LogP contribution >= 0.6 is 0 Å². The highest BCUT2D eigenvalue weighted by atomic mass is 16.5. The molecule has 0 aliphatic carbocycles. The van der Waals surface area contributed by atoms with Crippen molar-refractivity contribution >= 4 is 0 Å². The molecule has 6 aromatic rings. The van der Waals surface area contributed by atoms with Crippen molar-refractivity contribution in [1.29, 1.82) is 0 Å². The Morgan fingerprint density at radius 2 is 0.644 bits per heavy atom. The molecule has 394 valence electrons. The van der Waals surface area contributed by atoms with Crippen LogP contribution in [0.2, 0.25) is 0 Å². The molecule has 0 bridgehead atoms. The van der Waals surface area contributed by atoms with Gasteiger partial charge in [0.25, 0.3) is 0 Å². The fraction of sp³-hybridized carbons (Fsp3) is 0.507. The van der Waals surface area contributed by atoms with Crippen molar-refractivity contribution < 1.29 is 9.47 Å². The molecular formula is C69H96N2O2. The highest BCUT2D eigenvalue weighted by Gasteiger charge is 2.10. The van der Waals surface area contributed by atoms with E-state index in [-0.39, 0.29) is 0 Å². The molecule has 0 fully saturated rings. The first-order chi connectivity index (χ1) is 35.6. The van der Waals surface area contributed by atoms with Crippen LogP contribution in [-0.4, -0.2) is 23.2 Å². The van der Waals surface area contributed by atoms with Crippen LogP contribution in [0.1, 0.15) is 189 Å². The topological polar surface area (TPSA) is 44.2 Å². The molecule has 2 aromatic heterocycles. The Balaban J connectivity index is 0.000000271. The number of pyridine rings is 2. The largest absolute Gasteiger partial charge is 0.494 e. The van der Waals surface area contributed by atoms with Crippen LogP contribution in [0.5, 0.6) is 11.5 Å². The standard InChI is InChI=1S/C35H49NO.C34H47NO/c1-5-6-7-8-9-10-11-25-37-34-22-20-32(21-23-34)31-16-18-33(19-17-31)35-24-15-30(27-36-35)26-29(4)14-12-13-28(2)3;1-5-6-7-8-9-10-24-36-33-21-19-31(20-22-33)30-15-17-32(18-16-30)34-23-14-29(26-35-34)25-28(4)13-11-12-27(2)3/h15-24,27-29H,5-14,25-26H2,1-4H3;14-23,26-28H,5-13,24-25H2,1-4H3. The lowest BCUT2D eigenvalue weighted by Crippen LogP contribution is -2.01. The Kier molecular flexibility index (Phi) is 27.6. The van der Waals surface area contributed by atoms with E-state index in [0.29, 0.717) is 11.8 Å². The third-order valence-electron chi connectivity index (χ3n) is 14.3. The van der Waals surface area contributed by atoms with Crippen molar-refractivity contribution in [2.45, 2.75) is 190 Å². The van der Waals surface area contributed by atoms with Gasteiger partial charge in [-0.2, -0.15) is 0 Å². The van der Waals surface area contributed by atoms with Gasteiger partial charge >= 0.3 is 0 Å². The molecule has 0 saturated heterocycles. The molecule has 6 rings (SSSR count). The van der Waals surface area contributed by atoms with Crippen LogP contribution in [0.4, 0.5) is 0 Å². The van der Waals surface area contributed by atoms with Gasteiger partial charge in [-0.15, -0.1) is 0 Å². The van der Waals surface area contributed by atoms with Crippen LogP contribution in [-0.2, 0) is 12.8 Å². The SMILES string of the molecule is CCCCCCCCCOc1ccc(-c2ccc(-c3ccc(CC(C)CCCC(C)C)cn3)cc2)cc1.CCCCCCCCOc1ccc(-c2ccc(-c3ccc(CC(C)CCCC(C)C)cn3)cc2)cc1. The average Bonchev–Trinajstić information content (AvgIpc) is 3.40. The Labute approximate surface area is 445 Å². The zero-order valence-electron chi connectivity index (χ0n) is 47.0. The second-order valence-corrected chi connectivity index (χ2v) is 22.2. The minimum atomic E-state index is 0.711. The molecule has 4 heteroatoms. The molecule has 0 aliphatic heterocycles. The molecule has 2 heterocycles. The maximum Gasteiger partial charge on any atom is 0.119 e. The molecule has 4 aromatic carbocycles. The second kappa shape index (κ2) is 34.3. The van der Waals surface area contributed by atoms with Gasteiger partial charge in [0.1, 0.15) is 11.5 Å². The quantitative estimate of drug-likeness (QED) is 0.0386. The van der Waals surface area contributed by atoms with E-state index < -0.39 is 0 Å². The first-order valence-electron chi connectivity index (χ1n) is 29.2. The normalized spacial score (nSPS) is 12.1. The van der Waals surface area contributed by atoms with Crippen molar-refractivity contribution in [2.75, 3.05) is 13.2 Å². The third-order valence-corrected chi connectivity index (χ3v) is 14.3. The van der Waals surface area contributed by atoms with Gasteiger partial charge in [-0.3, -0.25) is 9.97 Å². The highest BCUT2D eigenvalue weighted by Crippen LogP contribution is 2.29. The summed E-state index contributed by atoms with van der Waals surface area (Å²) in [5.41, 5.74) is 11.9. The Morgan fingerprint density at radius 3 is 0.959 bits per heavy atom. The first kappa shape index (κ1) is 58.7. The van der Waals surface area contributed by atoms with E-state index in [1.54, 1.807) is 0 Å². The lowest BCUT2D eigenvalue weighted by atomic mass is 9.94. The maximum atomic E-state index is 5.96. The summed E-state index contributed by atoms with van der Waals surface area (Å²) in [6, 6.07) is 43.3. The minimum absolute atomic E-state index is 0.711. The van der Waals surface area contributed by atoms with Crippen LogP contribution in [0.3, 0.4) is 0 Å². The van der Waals surface area contributed by atoms with E-state index in [4.69, 9.17) is 19.4 Å². The van der Waals surface area contributed by atoms with Gasteiger partial charge in [0.2, 0.25) is 0 Å². The summed E-state index contributed by atoms with van der Waals surface area (Å²) in [6.07, 6.45) is 31.1. The van der Waals surface area contributed by atoms with Gasteiger partial charge in [0, 0.05) is 23.5 Å². The zero-order chi connectivity index (χ0) is 51.9. The number of hydrogen-bond acceptors (Lipinski definition) is 4. The fourth-order valence-electron chi connectivity index (χ4n) is 9.67. The van der Waals surface area contributed by atoms with Gasteiger partial charge in [0.15, 0.2) is 0 Å². The average molecular weight is 986 g/mol. The molecule has 0 spiro atoms. The summed E-state index contributed by atoms with van der Waals surface area (Å²) >= 11 is 0. The number of benzene rings is 4. The summed E-state index contributed by atoms with van der Waals surface area (Å²) in [5, 5.41) is 0. The van der Waals surface area contributed by atoms with Gasteiger partial charge in [-0.25, -0.2) is 0 Å². The van der Waals surface area contributed by atoms with E-state index in [0.717, 1.165) is 84.7 Å². The smallest absolute Gasteiger partial charge is 0.119 e. The summed E-state index contributed by atoms with van der Waals surface area (Å²) in [6.45, 7) is 20.1. The Hall–Kier alpha value is -5.22. The van der Waals surface area contributed by atoms with Crippen molar-refractivity contribution in [3.63, 3.8) is 0 Å². The van der Waals surface area contributed by atoms with E-state index in [9.17, 15) is 0 Å². The van der Waals surface area contributed by atoms with Crippen molar-refractivity contribution in [3.8, 4) is 56.3 Å². The molecule has 2 atom stereocenters. The molecule has 2 unspecified atom stereocenters. The molecule has 4 nitrogen and oxygen atoms in total. The molecule has 0 saturated carbocycles. The highest BCUT2D eigenvalue weighted by molar-refractivity contribution is 5.70. The number of aromatic nitrogens is 2. The van der Waals surface area contributed by atoms with Crippen molar-refractivity contribution in [3.05, 3.63) is 145 Å². The number of unbranched alkanes of at least 4 members (excludes halogenated alkanes) is 11. The predicted molar refractivity (Wildman–Crippen MR) is 316 cm³/mol. The number of nitrogens with zero attached hydrogens (tertiary/aromatic N) is 2. The van der Waals surface area contributed by atoms with Crippen LogP contribution in [0, 0.1) is 23.7 Å². The molecule has 0 radical (unpaired) electrons. The van der Waals surface area contributed by atoms with Crippen LogP contribution < -0.4 is 9.47 Å². The van der Waals surface area contributed by atoms with Gasteiger partial charge in [0.05, 0.1) is 24.6 Å². The Bertz CT molecular complexity index is 2300. The van der Waals surface area contributed by atoms with E-state index in [1.807, 2.05) is 0 Å².